The first-order valence-corrected chi connectivity index (χ1v) is 8.75. The van der Waals surface area contributed by atoms with Gasteiger partial charge in [0, 0.05) is 17.3 Å². The van der Waals surface area contributed by atoms with E-state index in [-0.39, 0.29) is 6.04 Å². The number of para-hydroxylation sites is 1. The van der Waals surface area contributed by atoms with E-state index in [0.717, 1.165) is 18.5 Å². The third kappa shape index (κ3) is 2.84. The van der Waals surface area contributed by atoms with E-state index >= 15 is 0 Å². The largest absolute Gasteiger partial charge is 0.419 e. The molecule has 0 saturated carbocycles. The molecule has 2 aromatic carbocycles. The van der Waals surface area contributed by atoms with Crippen LogP contribution in [0.4, 0.5) is 0 Å². The van der Waals surface area contributed by atoms with E-state index in [9.17, 15) is 0 Å². The molecule has 0 amide bonds. The summed E-state index contributed by atoms with van der Waals surface area (Å²) in [6.45, 7) is 4.31. The lowest BCUT2D eigenvalue weighted by molar-refractivity contribution is 0.496. The van der Waals surface area contributed by atoms with Crippen molar-refractivity contribution in [3.63, 3.8) is 0 Å². The van der Waals surface area contributed by atoms with Gasteiger partial charge in [0.05, 0.1) is 6.04 Å². The van der Waals surface area contributed by atoms with Gasteiger partial charge in [0.2, 0.25) is 5.89 Å². The Morgan fingerprint density at radius 3 is 2.56 bits per heavy atom. The highest BCUT2D eigenvalue weighted by atomic mass is 16.4. The van der Waals surface area contributed by atoms with Crippen LogP contribution in [-0.4, -0.2) is 14.8 Å². The van der Waals surface area contributed by atoms with E-state index in [1.54, 1.807) is 0 Å². The van der Waals surface area contributed by atoms with Gasteiger partial charge in [-0.3, -0.25) is 0 Å². The van der Waals surface area contributed by atoms with Crippen molar-refractivity contribution in [3.05, 3.63) is 72.1 Å². The van der Waals surface area contributed by atoms with Gasteiger partial charge in [-0.05, 0) is 31.0 Å². The average Bonchev–Trinajstić information content (AvgIpc) is 3.26. The van der Waals surface area contributed by atoms with Crippen LogP contribution in [0.25, 0.3) is 22.5 Å². The number of rotatable bonds is 5. The SMILES string of the molecule is CCCc1nnc(-c2cc3ccccc3n2C(C)c2ccccc2)o1. The Kier molecular flexibility index (Phi) is 4.10. The summed E-state index contributed by atoms with van der Waals surface area (Å²) in [5.74, 6) is 1.28. The molecule has 4 rings (SSSR count). The molecular formula is C21H21N3O. The molecule has 0 bridgehead atoms. The Labute approximate surface area is 147 Å². The van der Waals surface area contributed by atoms with Crippen LogP contribution in [0.2, 0.25) is 0 Å². The lowest BCUT2D eigenvalue weighted by Gasteiger charge is -2.18. The van der Waals surface area contributed by atoms with Crippen molar-refractivity contribution in [1.29, 1.82) is 0 Å². The molecule has 126 valence electrons. The second-order valence-electron chi connectivity index (χ2n) is 6.30. The second-order valence-corrected chi connectivity index (χ2v) is 6.30. The zero-order chi connectivity index (χ0) is 17.2. The van der Waals surface area contributed by atoms with E-state index in [0.29, 0.717) is 11.8 Å². The highest BCUT2D eigenvalue weighted by Crippen LogP contribution is 2.33. The van der Waals surface area contributed by atoms with E-state index in [2.05, 4.69) is 83.2 Å². The van der Waals surface area contributed by atoms with Crippen molar-refractivity contribution >= 4 is 10.9 Å². The first-order chi connectivity index (χ1) is 12.3. The van der Waals surface area contributed by atoms with Gasteiger partial charge >= 0.3 is 0 Å². The molecule has 4 aromatic rings. The monoisotopic (exact) mass is 331 g/mol. The van der Waals surface area contributed by atoms with Gasteiger partial charge in [-0.2, -0.15) is 0 Å². The van der Waals surface area contributed by atoms with Gasteiger partial charge in [0.25, 0.3) is 5.89 Å². The summed E-state index contributed by atoms with van der Waals surface area (Å²) in [5.41, 5.74) is 3.38. The lowest BCUT2D eigenvalue weighted by atomic mass is 10.1. The Morgan fingerprint density at radius 1 is 1.00 bits per heavy atom. The maximum Gasteiger partial charge on any atom is 0.264 e. The molecule has 1 atom stereocenters. The van der Waals surface area contributed by atoms with Crippen LogP contribution in [0.15, 0.2) is 65.1 Å². The number of aryl methyl sites for hydroxylation is 1. The Balaban J connectivity index is 1.88. The standard InChI is InChI=1S/C21H21N3O/c1-3-9-20-22-23-21(25-20)19-14-17-12-7-8-13-18(17)24(19)15(2)16-10-5-4-6-11-16/h4-8,10-15H,3,9H2,1-2H3. The van der Waals surface area contributed by atoms with Crippen LogP contribution in [0, 0.1) is 0 Å². The molecule has 4 nitrogen and oxygen atoms in total. The number of fused-ring (bicyclic) bond motifs is 1. The van der Waals surface area contributed by atoms with Gasteiger partial charge in [0.1, 0.15) is 5.69 Å². The van der Waals surface area contributed by atoms with Crippen LogP contribution in [0.5, 0.6) is 0 Å². The third-order valence-electron chi connectivity index (χ3n) is 4.57. The summed E-state index contributed by atoms with van der Waals surface area (Å²) in [6.07, 6.45) is 1.80. The molecule has 2 heterocycles. The summed E-state index contributed by atoms with van der Waals surface area (Å²) >= 11 is 0. The average molecular weight is 331 g/mol. The first kappa shape index (κ1) is 15.6. The van der Waals surface area contributed by atoms with Crippen LogP contribution in [-0.2, 0) is 6.42 Å². The Bertz CT molecular complexity index is 985. The number of hydrogen-bond donors (Lipinski definition) is 0. The molecule has 0 radical (unpaired) electrons. The molecule has 2 aromatic heterocycles. The lowest BCUT2D eigenvalue weighted by Crippen LogP contribution is -2.08. The summed E-state index contributed by atoms with van der Waals surface area (Å²) in [5, 5.41) is 9.67. The quantitative estimate of drug-likeness (QED) is 0.501. The zero-order valence-corrected chi connectivity index (χ0v) is 14.5. The maximum absolute atomic E-state index is 5.92. The van der Waals surface area contributed by atoms with Crippen LogP contribution in [0.3, 0.4) is 0 Å². The normalized spacial score (nSPS) is 12.6. The zero-order valence-electron chi connectivity index (χ0n) is 14.5. The summed E-state index contributed by atoms with van der Waals surface area (Å²) < 4.78 is 8.21. The number of hydrogen-bond acceptors (Lipinski definition) is 3. The van der Waals surface area contributed by atoms with E-state index in [4.69, 9.17) is 4.42 Å². The molecule has 1 unspecified atom stereocenters. The predicted octanol–water partition coefficient (Wildman–Crippen LogP) is 5.25. The summed E-state index contributed by atoms with van der Waals surface area (Å²) in [4.78, 5) is 0. The summed E-state index contributed by atoms with van der Waals surface area (Å²) in [7, 11) is 0. The minimum Gasteiger partial charge on any atom is -0.419 e. The topological polar surface area (TPSA) is 43.9 Å². The van der Waals surface area contributed by atoms with Crippen molar-refractivity contribution in [2.75, 3.05) is 0 Å². The number of benzene rings is 2. The molecule has 0 fully saturated rings. The Hall–Kier alpha value is -2.88. The highest BCUT2D eigenvalue weighted by Gasteiger charge is 2.20. The molecule has 4 heteroatoms. The molecular weight excluding hydrogens is 310 g/mol. The molecule has 0 aliphatic heterocycles. The molecule has 0 aliphatic rings. The fourth-order valence-electron chi connectivity index (χ4n) is 3.31. The van der Waals surface area contributed by atoms with Crippen molar-refractivity contribution in [1.82, 2.24) is 14.8 Å². The van der Waals surface area contributed by atoms with Crippen LogP contribution in [0.1, 0.15) is 37.8 Å². The molecule has 0 N–H and O–H groups in total. The number of nitrogens with zero attached hydrogens (tertiary/aromatic N) is 3. The maximum atomic E-state index is 5.92. The van der Waals surface area contributed by atoms with E-state index in [1.165, 1.54) is 16.5 Å². The minimum absolute atomic E-state index is 0.164. The highest BCUT2D eigenvalue weighted by molar-refractivity contribution is 5.86. The van der Waals surface area contributed by atoms with Crippen molar-refractivity contribution in [2.45, 2.75) is 32.7 Å². The molecule has 25 heavy (non-hydrogen) atoms. The first-order valence-electron chi connectivity index (χ1n) is 8.75. The minimum atomic E-state index is 0.164. The van der Waals surface area contributed by atoms with Gasteiger partial charge < -0.3 is 8.98 Å². The molecule has 0 spiro atoms. The van der Waals surface area contributed by atoms with Gasteiger partial charge in [-0.25, -0.2) is 0 Å². The predicted molar refractivity (Wildman–Crippen MR) is 99.5 cm³/mol. The fraction of sp³-hybridized carbons (Fsp3) is 0.238. The third-order valence-corrected chi connectivity index (χ3v) is 4.57. The van der Waals surface area contributed by atoms with E-state index < -0.39 is 0 Å². The van der Waals surface area contributed by atoms with Gasteiger partial charge in [-0.1, -0.05) is 55.5 Å². The number of aromatic nitrogens is 3. The van der Waals surface area contributed by atoms with Crippen LogP contribution >= 0.6 is 0 Å². The van der Waals surface area contributed by atoms with Crippen molar-refractivity contribution < 1.29 is 4.42 Å². The van der Waals surface area contributed by atoms with Crippen LogP contribution < -0.4 is 0 Å². The van der Waals surface area contributed by atoms with E-state index in [1.807, 2.05) is 6.07 Å². The second kappa shape index (κ2) is 6.55. The van der Waals surface area contributed by atoms with Crippen molar-refractivity contribution in [2.24, 2.45) is 0 Å². The smallest absolute Gasteiger partial charge is 0.264 e. The molecule has 0 aliphatic carbocycles. The Morgan fingerprint density at radius 2 is 1.76 bits per heavy atom. The fourth-order valence-corrected chi connectivity index (χ4v) is 3.31. The van der Waals surface area contributed by atoms with Gasteiger partial charge in [0.15, 0.2) is 0 Å². The van der Waals surface area contributed by atoms with Crippen molar-refractivity contribution in [3.8, 4) is 11.6 Å². The molecule has 0 saturated heterocycles. The van der Waals surface area contributed by atoms with Gasteiger partial charge in [-0.15, -0.1) is 10.2 Å². The summed E-state index contributed by atoms with van der Waals surface area (Å²) in [6, 6.07) is 21.2.